The Hall–Kier alpha value is -0.610. The molecule has 1 rings (SSSR count). The molecule has 1 saturated heterocycles. The molecule has 1 amide bonds. The Bertz CT molecular complexity index is 179. The van der Waals surface area contributed by atoms with Gasteiger partial charge in [-0.2, -0.15) is 0 Å². The van der Waals surface area contributed by atoms with E-state index in [1.165, 1.54) is 0 Å². The summed E-state index contributed by atoms with van der Waals surface area (Å²) in [6.45, 7) is 4.91. The zero-order valence-corrected chi connectivity index (χ0v) is 8.83. The Labute approximate surface area is 85.3 Å². The molecule has 14 heavy (non-hydrogen) atoms. The molecule has 0 spiro atoms. The fourth-order valence-electron chi connectivity index (χ4n) is 1.65. The summed E-state index contributed by atoms with van der Waals surface area (Å²) in [5.41, 5.74) is 0. The number of carbonyl (C=O) groups excluding carboxylic acids is 1. The van der Waals surface area contributed by atoms with Gasteiger partial charge in [0.1, 0.15) is 6.10 Å². The highest BCUT2D eigenvalue weighted by Gasteiger charge is 2.23. The average Bonchev–Trinajstić information content (AvgIpc) is 2.69. The lowest BCUT2D eigenvalue weighted by atomic mass is 10.3. The van der Waals surface area contributed by atoms with E-state index in [0.717, 1.165) is 38.9 Å². The molecule has 1 atom stereocenters. The number of carbonyl (C=O) groups is 1. The first kappa shape index (κ1) is 11.5. The van der Waals surface area contributed by atoms with Gasteiger partial charge in [-0.3, -0.25) is 4.79 Å². The second kappa shape index (κ2) is 5.98. The van der Waals surface area contributed by atoms with Crippen molar-refractivity contribution < 1.29 is 9.90 Å². The Morgan fingerprint density at radius 3 is 2.71 bits per heavy atom. The number of likely N-dealkylation sites (tertiary alicyclic amines) is 1. The predicted molar refractivity (Wildman–Crippen MR) is 55.0 cm³/mol. The van der Waals surface area contributed by atoms with E-state index in [4.69, 9.17) is 0 Å². The van der Waals surface area contributed by atoms with Crippen LogP contribution in [0.15, 0.2) is 0 Å². The third-order valence-corrected chi connectivity index (χ3v) is 2.47. The highest BCUT2D eigenvalue weighted by Crippen LogP contribution is 2.08. The number of rotatable bonds is 5. The maximum atomic E-state index is 11.6. The molecule has 0 aliphatic carbocycles. The summed E-state index contributed by atoms with van der Waals surface area (Å²) in [5, 5.41) is 12.6. The fraction of sp³-hybridized carbons (Fsp3) is 0.900. The Kier molecular flexibility index (Phi) is 4.90. The van der Waals surface area contributed by atoms with Gasteiger partial charge in [0.05, 0.1) is 0 Å². The fourth-order valence-corrected chi connectivity index (χ4v) is 1.65. The third-order valence-electron chi connectivity index (χ3n) is 2.47. The van der Waals surface area contributed by atoms with Gasteiger partial charge in [0.2, 0.25) is 0 Å². The van der Waals surface area contributed by atoms with E-state index >= 15 is 0 Å². The van der Waals surface area contributed by atoms with Crippen molar-refractivity contribution in [2.24, 2.45) is 0 Å². The lowest BCUT2D eigenvalue weighted by molar-refractivity contribution is -0.138. The number of hydrogen-bond acceptors (Lipinski definition) is 3. The largest absolute Gasteiger partial charge is 0.382 e. The summed E-state index contributed by atoms with van der Waals surface area (Å²) in [7, 11) is 0. The first-order valence-electron chi connectivity index (χ1n) is 5.43. The minimum atomic E-state index is -0.861. The highest BCUT2D eigenvalue weighted by atomic mass is 16.3. The van der Waals surface area contributed by atoms with E-state index in [0.29, 0.717) is 6.54 Å². The standard InChI is InChI=1S/C10H20N2O2/c1-2-5-11-8-9(13)10(14)12-6-3-4-7-12/h9,11,13H,2-8H2,1H3. The molecule has 1 heterocycles. The quantitative estimate of drug-likeness (QED) is 0.613. The van der Waals surface area contributed by atoms with Crippen LogP contribution >= 0.6 is 0 Å². The van der Waals surface area contributed by atoms with Crippen molar-refractivity contribution in [1.82, 2.24) is 10.2 Å². The van der Waals surface area contributed by atoms with Crippen LogP contribution in [0.2, 0.25) is 0 Å². The van der Waals surface area contributed by atoms with Gasteiger partial charge >= 0.3 is 0 Å². The molecule has 1 unspecified atom stereocenters. The zero-order chi connectivity index (χ0) is 10.4. The van der Waals surface area contributed by atoms with Crippen LogP contribution in [0.5, 0.6) is 0 Å². The van der Waals surface area contributed by atoms with E-state index in [2.05, 4.69) is 12.2 Å². The Morgan fingerprint density at radius 1 is 1.50 bits per heavy atom. The summed E-state index contributed by atoms with van der Waals surface area (Å²) in [5.74, 6) is -0.119. The van der Waals surface area contributed by atoms with Gasteiger partial charge in [-0.05, 0) is 25.8 Å². The lowest BCUT2D eigenvalue weighted by Crippen LogP contribution is -2.42. The van der Waals surface area contributed by atoms with Crippen molar-refractivity contribution in [3.63, 3.8) is 0 Å². The maximum absolute atomic E-state index is 11.6. The molecule has 1 aliphatic rings. The first-order valence-corrected chi connectivity index (χ1v) is 5.43. The second-order valence-corrected chi connectivity index (χ2v) is 3.75. The van der Waals surface area contributed by atoms with E-state index < -0.39 is 6.10 Å². The molecule has 4 heteroatoms. The molecule has 1 aliphatic heterocycles. The summed E-state index contributed by atoms with van der Waals surface area (Å²) in [4.78, 5) is 13.3. The molecule has 0 bridgehead atoms. The van der Waals surface area contributed by atoms with Gasteiger partial charge in [0, 0.05) is 19.6 Å². The molecule has 2 N–H and O–H groups in total. The van der Waals surface area contributed by atoms with Gasteiger partial charge in [0.25, 0.3) is 5.91 Å². The SMILES string of the molecule is CCCNCC(O)C(=O)N1CCCC1. The van der Waals surface area contributed by atoms with Gasteiger partial charge < -0.3 is 15.3 Å². The van der Waals surface area contributed by atoms with Gasteiger partial charge in [-0.15, -0.1) is 0 Å². The molecule has 4 nitrogen and oxygen atoms in total. The van der Waals surface area contributed by atoms with Gasteiger partial charge in [-0.1, -0.05) is 6.92 Å². The molecule has 0 radical (unpaired) electrons. The molecule has 0 aromatic rings. The normalized spacial score (nSPS) is 18.6. The number of hydrogen-bond donors (Lipinski definition) is 2. The molecular weight excluding hydrogens is 180 g/mol. The van der Waals surface area contributed by atoms with Crippen molar-refractivity contribution in [2.75, 3.05) is 26.2 Å². The van der Waals surface area contributed by atoms with Crippen LogP contribution in [0, 0.1) is 0 Å². The number of aliphatic hydroxyl groups excluding tert-OH is 1. The van der Waals surface area contributed by atoms with E-state index in [9.17, 15) is 9.90 Å². The van der Waals surface area contributed by atoms with Crippen LogP contribution < -0.4 is 5.32 Å². The topological polar surface area (TPSA) is 52.6 Å². The summed E-state index contributed by atoms with van der Waals surface area (Å²) in [6, 6.07) is 0. The van der Waals surface area contributed by atoms with Crippen molar-refractivity contribution >= 4 is 5.91 Å². The molecule has 0 aromatic heterocycles. The second-order valence-electron chi connectivity index (χ2n) is 3.75. The Morgan fingerprint density at radius 2 is 2.14 bits per heavy atom. The summed E-state index contributed by atoms with van der Waals surface area (Å²) < 4.78 is 0. The van der Waals surface area contributed by atoms with Crippen LogP contribution in [0.3, 0.4) is 0 Å². The van der Waals surface area contributed by atoms with Crippen LogP contribution in [0.25, 0.3) is 0 Å². The van der Waals surface area contributed by atoms with Gasteiger partial charge in [0.15, 0.2) is 0 Å². The number of amides is 1. The zero-order valence-electron chi connectivity index (χ0n) is 8.83. The first-order chi connectivity index (χ1) is 6.75. The van der Waals surface area contributed by atoms with Crippen molar-refractivity contribution in [1.29, 1.82) is 0 Å². The number of nitrogens with one attached hydrogen (secondary N) is 1. The molecule has 0 saturated carbocycles. The molecule has 0 aromatic carbocycles. The third kappa shape index (κ3) is 3.27. The van der Waals surface area contributed by atoms with Crippen molar-refractivity contribution in [3.05, 3.63) is 0 Å². The number of nitrogens with zero attached hydrogens (tertiary/aromatic N) is 1. The maximum Gasteiger partial charge on any atom is 0.252 e. The van der Waals surface area contributed by atoms with Crippen LogP contribution in [0.1, 0.15) is 26.2 Å². The van der Waals surface area contributed by atoms with Crippen LogP contribution in [-0.2, 0) is 4.79 Å². The van der Waals surface area contributed by atoms with Crippen LogP contribution in [0.4, 0.5) is 0 Å². The smallest absolute Gasteiger partial charge is 0.252 e. The van der Waals surface area contributed by atoms with Crippen molar-refractivity contribution in [3.8, 4) is 0 Å². The van der Waals surface area contributed by atoms with Gasteiger partial charge in [-0.25, -0.2) is 0 Å². The number of aliphatic hydroxyl groups is 1. The summed E-state index contributed by atoms with van der Waals surface area (Å²) in [6.07, 6.45) is 2.30. The van der Waals surface area contributed by atoms with E-state index in [1.54, 1.807) is 4.90 Å². The highest BCUT2D eigenvalue weighted by molar-refractivity contribution is 5.81. The minimum absolute atomic E-state index is 0.119. The molecule has 82 valence electrons. The van der Waals surface area contributed by atoms with Crippen LogP contribution in [-0.4, -0.2) is 48.2 Å². The Balaban J connectivity index is 2.21. The van der Waals surface area contributed by atoms with E-state index in [-0.39, 0.29) is 5.91 Å². The van der Waals surface area contributed by atoms with E-state index in [1.807, 2.05) is 0 Å². The van der Waals surface area contributed by atoms with Crippen molar-refractivity contribution in [2.45, 2.75) is 32.3 Å². The molecular formula is C10H20N2O2. The predicted octanol–water partition coefficient (Wildman–Crippen LogP) is -0.0307. The molecule has 1 fully saturated rings. The summed E-state index contributed by atoms with van der Waals surface area (Å²) >= 11 is 0. The monoisotopic (exact) mass is 200 g/mol. The lowest BCUT2D eigenvalue weighted by Gasteiger charge is -2.19. The average molecular weight is 200 g/mol. The minimum Gasteiger partial charge on any atom is -0.382 e.